The molecule has 7 aromatic carbocycles. The van der Waals surface area contributed by atoms with Gasteiger partial charge >= 0.3 is 0 Å². The predicted octanol–water partition coefficient (Wildman–Crippen LogP) is 11.1. The molecule has 0 atom stereocenters. The molecule has 0 aliphatic heterocycles. The van der Waals surface area contributed by atoms with E-state index in [0.717, 1.165) is 49.7 Å². The monoisotopic (exact) mass is 639 g/mol. The fourth-order valence-corrected chi connectivity index (χ4v) is 7.34. The van der Waals surface area contributed by atoms with Crippen LogP contribution in [0, 0.1) is 0 Å². The van der Waals surface area contributed by atoms with Crippen LogP contribution in [0.15, 0.2) is 176 Å². The number of aromatic nitrogens is 5. The summed E-state index contributed by atoms with van der Waals surface area (Å²) in [6.45, 7) is 0. The minimum atomic E-state index is 0.590. The fraction of sp³-hybridized carbons (Fsp3) is 0. The molecule has 5 nitrogen and oxygen atoms in total. The summed E-state index contributed by atoms with van der Waals surface area (Å²) in [7, 11) is 0. The van der Waals surface area contributed by atoms with Gasteiger partial charge in [0.05, 0.1) is 27.8 Å². The average molecular weight is 640 g/mol. The van der Waals surface area contributed by atoms with Gasteiger partial charge in [0.2, 0.25) is 5.95 Å². The number of hydrogen-bond donors (Lipinski definition) is 0. The molecule has 0 aliphatic carbocycles. The van der Waals surface area contributed by atoms with Gasteiger partial charge in [0, 0.05) is 38.2 Å². The minimum absolute atomic E-state index is 0.590. The first-order valence-electron chi connectivity index (χ1n) is 16.8. The number of hydrogen-bond acceptors (Lipinski definition) is 3. The summed E-state index contributed by atoms with van der Waals surface area (Å²) in [4.78, 5) is 15.2. The van der Waals surface area contributed by atoms with Gasteiger partial charge in [-0.15, -0.1) is 0 Å². The van der Waals surface area contributed by atoms with E-state index in [1.165, 1.54) is 21.8 Å². The third-order valence-electron chi connectivity index (χ3n) is 9.61. The zero-order chi connectivity index (χ0) is 33.0. The summed E-state index contributed by atoms with van der Waals surface area (Å²) in [6, 6.07) is 61.5. The van der Waals surface area contributed by atoms with Crippen molar-refractivity contribution in [3.63, 3.8) is 0 Å². The third-order valence-corrected chi connectivity index (χ3v) is 9.61. The summed E-state index contributed by atoms with van der Waals surface area (Å²) >= 11 is 0. The molecule has 3 heterocycles. The van der Waals surface area contributed by atoms with E-state index < -0.39 is 0 Å². The minimum Gasteiger partial charge on any atom is -0.309 e. The number of benzene rings is 7. The maximum absolute atomic E-state index is 5.14. The van der Waals surface area contributed by atoms with Crippen LogP contribution in [0.5, 0.6) is 0 Å². The molecule has 0 amide bonds. The van der Waals surface area contributed by atoms with Crippen LogP contribution in [0.25, 0.3) is 89.2 Å². The molecule has 0 saturated heterocycles. The average Bonchev–Trinajstić information content (AvgIpc) is 3.71. The topological polar surface area (TPSA) is 48.5 Å². The molecule has 10 rings (SSSR count). The first-order valence-corrected chi connectivity index (χ1v) is 16.8. The lowest BCUT2D eigenvalue weighted by atomic mass is 10.0. The fourth-order valence-electron chi connectivity index (χ4n) is 7.34. The molecule has 234 valence electrons. The molecule has 0 radical (unpaired) electrons. The summed E-state index contributed by atoms with van der Waals surface area (Å²) in [5, 5.41) is 4.82. The smallest absolute Gasteiger partial charge is 0.238 e. The lowest BCUT2D eigenvalue weighted by Gasteiger charge is -2.14. The normalized spacial score (nSPS) is 11.6. The van der Waals surface area contributed by atoms with E-state index in [4.69, 9.17) is 15.0 Å². The maximum Gasteiger partial charge on any atom is 0.238 e. The van der Waals surface area contributed by atoms with Gasteiger partial charge in [0.25, 0.3) is 0 Å². The van der Waals surface area contributed by atoms with Crippen LogP contribution in [0.3, 0.4) is 0 Å². The highest BCUT2D eigenvalue weighted by molar-refractivity contribution is 6.10. The second-order valence-corrected chi connectivity index (χ2v) is 12.5. The van der Waals surface area contributed by atoms with Gasteiger partial charge in [-0.05, 0) is 35.9 Å². The molecule has 0 bridgehead atoms. The Kier molecular flexibility index (Phi) is 6.42. The molecule has 0 saturated carbocycles. The van der Waals surface area contributed by atoms with Crippen LogP contribution in [0.1, 0.15) is 0 Å². The zero-order valence-electron chi connectivity index (χ0n) is 27.0. The van der Waals surface area contributed by atoms with Crippen LogP contribution in [0.2, 0.25) is 0 Å². The first kappa shape index (κ1) is 28.2. The van der Waals surface area contributed by atoms with Crippen LogP contribution >= 0.6 is 0 Å². The molecule has 3 aromatic heterocycles. The Hall–Kier alpha value is -6.85. The standard InChI is InChI=1S/C45H29N5/c1-2-14-31(15-3-1)43-46-44(48-45(47-43)50-41-24-12-7-19-36(41)37-20-8-13-25-42(37)50)32-28-26-30(27-29-32)33-16-4-9-21-38(33)49-39-22-10-5-17-34(39)35-18-6-11-23-40(35)49/h1-29H. The zero-order valence-corrected chi connectivity index (χ0v) is 27.0. The van der Waals surface area contributed by atoms with E-state index in [9.17, 15) is 0 Å². The van der Waals surface area contributed by atoms with Crippen molar-refractivity contribution in [2.24, 2.45) is 0 Å². The third kappa shape index (κ3) is 4.45. The maximum atomic E-state index is 5.14. The van der Waals surface area contributed by atoms with Crippen LogP contribution in [-0.2, 0) is 0 Å². The van der Waals surface area contributed by atoms with Gasteiger partial charge < -0.3 is 4.57 Å². The largest absolute Gasteiger partial charge is 0.309 e. The molecular formula is C45H29N5. The van der Waals surface area contributed by atoms with E-state index in [0.29, 0.717) is 17.6 Å². The number of fused-ring (bicyclic) bond motifs is 6. The van der Waals surface area contributed by atoms with Crippen LogP contribution in [0.4, 0.5) is 0 Å². The van der Waals surface area contributed by atoms with Gasteiger partial charge in [-0.3, -0.25) is 4.57 Å². The Morgan fingerprint density at radius 2 is 0.700 bits per heavy atom. The molecule has 0 spiro atoms. The second kappa shape index (κ2) is 11.4. The van der Waals surface area contributed by atoms with Crippen molar-refractivity contribution in [2.45, 2.75) is 0 Å². The Morgan fingerprint density at radius 1 is 0.300 bits per heavy atom. The van der Waals surface area contributed by atoms with Crippen molar-refractivity contribution in [2.75, 3.05) is 0 Å². The summed E-state index contributed by atoms with van der Waals surface area (Å²) in [6.07, 6.45) is 0. The summed E-state index contributed by atoms with van der Waals surface area (Å²) in [5.41, 5.74) is 9.76. The van der Waals surface area contributed by atoms with Crippen molar-refractivity contribution >= 4 is 43.6 Å². The van der Waals surface area contributed by atoms with E-state index >= 15 is 0 Å². The number of para-hydroxylation sites is 5. The number of nitrogens with zero attached hydrogens (tertiary/aromatic N) is 5. The Labute approximate surface area is 288 Å². The van der Waals surface area contributed by atoms with Crippen molar-refractivity contribution in [1.82, 2.24) is 24.1 Å². The SMILES string of the molecule is c1ccc(-c2nc(-c3ccc(-c4ccccc4-n4c5ccccc5c5ccccc54)cc3)nc(-n3c4ccccc4c4ccccc43)n2)cc1. The van der Waals surface area contributed by atoms with Crippen molar-refractivity contribution in [3.8, 4) is 45.5 Å². The lowest BCUT2D eigenvalue weighted by Crippen LogP contribution is -2.06. The van der Waals surface area contributed by atoms with Crippen molar-refractivity contribution in [3.05, 3.63) is 176 Å². The van der Waals surface area contributed by atoms with E-state index in [1.807, 2.05) is 30.3 Å². The van der Waals surface area contributed by atoms with Crippen LogP contribution < -0.4 is 0 Å². The molecule has 50 heavy (non-hydrogen) atoms. The lowest BCUT2D eigenvalue weighted by molar-refractivity contribution is 0.953. The molecule has 10 aromatic rings. The highest BCUT2D eigenvalue weighted by atomic mass is 15.2. The molecule has 5 heteroatoms. The van der Waals surface area contributed by atoms with Crippen molar-refractivity contribution in [1.29, 1.82) is 0 Å². The van der Waals surface area contributed by atoms with Gasteiger partial charge in [-0.25, -0.2) is 4.98 Å². The number of rotatable bonds is 5. The Balaban J connectivity index is 1.13. The second-order valence-electron chi connectivity index (χ2n) is 12.5. The summed E-state index contributed by atoms with van der Waals surface area (Å²) < 4.78 is 4.53. The predicted molar refractivity (Wildman–Crippen MR) is 205 cm³/mol. The quantitative estimate of drug-likeness (QED) is 0.188. The molecular weight excluding hydrogens is 611 g/mol. The van der Waals surface area contributed by atoms with Crippen LogP contribution in [-0.4, -0.2) is 24.1 Å². The molecule has 0 N–H and O–H groups in total. The molecule has 0 fully saturated rings. The highest BCUT2D eigenvalue weighted by Crippen LogP contribution is 2.37. The van der Waals surface area contributed by atoms with E-state index in [1.54, 1.807) is 0 Å². The van der Waals surface area contributed by atoms with Gasteiger partial charge in [-0.1, -0.05) is 146 Å². The highest BCUT2D eigenvalue weighted by Gasteiger charge is 2.18. The van der Waals surface area contributed by atoms with Gasteiger partial charge in [0.1, 0.15) is 0 Å². The molecule has 0 unspecified atom stereocenters. The van der Waals surface area contributed by atoms with E-state index in [2.05, 4.69) is 155 Å². The summed E-state index contributed by atoms with van der Waals surface area (Å²) in [5.74, 6) is 1.85. The van der Waals surface area contributed by atoms with Gasteiger partial charge in [0.15, 0.2) is 11.6 Å². The van der Waals surface area contributed by atoms with Gasteiger partial charge in [-0.2, -0.15) is 9.97 Å². The molecule has 0 aliphatic rings. The Morgan fingerprint density at radius 3 is 1.24 bits per heavy atom. The van der Waals surface area contributed by atoms with E-state index in [-0.39, 0.29) is 0 Å². The van der Waals surface area contributed by atoms with Crippen molar-refractivity contribution < 1.29 is 0 Å². The first-order chi connectivity index (χ1) is 24.8. The Bertz CT molecular complexity index is 2760.